The zero-order chi connectivity index (χ0) is 19.7. The molecule has 0 bridgehead atoms. The van der Waals surface area contributed by atoms with E-state index in [1.54, 1.807) is 19.2 Å². The Morgan fingerprint density at radius 1 is 1.14 bits per heavy atom. The van der Waals surface area contributed by atoms with Crippen LogP contribution in [0.1, 0.15) is 17.3 Å². The molecule has 0 aliphatic carbocycles. The first-order valence-electron chi connectivity index (χ1n) is 8.87. The summed E-state index contributed by atoms with van der Waals surface area (Å²) >= 11 is 7.76. The maximum atomic E-state index is 13.2. The maximum absolute atomic E-state index is 13.2. The molecular formula is C21H20ClN3O2S. The molecule has 2 N–H and O–H groups in total. The highest BCUT2D eigenvalue weighted by Gasteiger charge is 2.36. The summed E-state index contributed by atoms with van der Waals surface area (Å²) in [5.74, 6) is 0.679. The smallest absolute Gasteiger partial charge is 0.240 e. The minimum Gasteiger partial charge on any atom is -0.497 e. The first-order chi connectivity index (χ1) is 13.6. The number of ether oxygens (including phenoxy) is 1. The van der Waals surface area contributed by atoms with Crippen LogP contribution in [0.5, 0.6) is 5.75 Å². The summed E-state index contributed by atoms with van der Waals surface area (Å²) in [5, 5.41) is 4.12. The first-order valence-corrected chi connectivity index (χ1v) is 10.1. The SMILES string of the molecule is COc1ccc([C@H]2Nn3c(C)ccc3S[C@H]2C(=O)Nc2ccccc2Cl)cc1. The van der Waals surface area contributed by atoms with Crippen LogP contribution >= 0.6 is 23.4 Å². The molecule has 144 valence electrons. The number of aryl methyl sites for hydroxylation is 1. The van der Waals surface area contributed by atoms with Crippen molar-refractivity contribution in [2.75, 3.05) is 17.9 Å². The molecular weight excluding hydrogens is 394 g/mol. The number of methoxy groups -OCH3 is 1. The standard InChI is InChI=1S/C21H20ClN3O2S/c1-13-7-12-18-25(13)24-19(14-8-10-15(27-2)11-9-14)20(28-18)21(26)23-17-6-4-3-5-16(17)22/h3-12,19-20,24H,1-2H3,(H,23,26)/t19-,20-/m1/s1. The van der Waals surface area contributed by atoms with E-state index in [9.17, 15) is 4.79 Å². The number of carbonyl (C=O) groups excluding carboxylic acids is 1. The Hall–Kier alpha value is -2.57. The molecule has 2 aromatic carbocycles. The van der Waals surface area contributed by atoms with Crippen molar-refractivity contribution in [3.63, 3.8) is 0 Å². The molecule has 7 heteroatoms. The number of anilines is 1. The van der Waals surface area contributed by atoms with E-state index in [0.717, 1.165) is 22.0 Å². The molecule has 28 heavy (non-hydrogen) atoms. The number of nitrogens with zero attached hydrogens (tertiary/aromatic N) is 1. The molecule has 1 aromatic heterocycles. The van der Waals surface area contributed by atoms with Gasteiger partial charge in [-0.05, 0) is 48.9 Å². The van der Waals surface area contributed by atoms with Crippen molar-refractivity contribution in [3.05, 3.63) is 76.9 Å². The van der Waals surface area contributed by atoms with Crippen molar-refractivity contribution < 1.29 is 9.53 Å². The van der Waals surface area contributed by atoms with Crippen LogP contribution in [0, 0.1) is 6.92 Å². The molecule has 1 amide bonds. The van der Waals surface area contributed by atoms with Gasteiger partial charge in [0.05, 0.1) is 28.9 Å². The lowest BCUT2D eigenvalue weighted by Gasteiger charge is -2.34. The molecule has 0 saturated carbocycles. The summed E-state index contributed by atoms with van der Waals surface area (Å²) < 4.78 is 7.29. The Labute approximate surface area is 173 Å². The van der Waals surface area contributed by atoms with Crippen LogP contribution in [0.3, 0.4) is 0 Å². The van der Waals surface area contributed by atoms with E-state index in [0.29, 0.717) is 10.7 Å². The number of fused-ring (bicyclic) bond motifs is 1. The predicted molar refractivity (Wildman–Crippen MR) is 114 cm³/mol. The second-order valence-corrected chi connectivity index (χ2v) is 8.10. The van der Waals surface area contributed by atoms with E-state index in [-0.39, 0.29) is 17.2 Å². The third kappa shape index (κ3) is 3.57. The quantitative estimate of drug-likeness (QED) is 0.641. The normalized spacial score (nSPS) is 18.1. The van der Waals surface area contributed by atoms with Crippen LogP contribution in [0.4, 0.5) is 5.69 Å². The summed E-state index contributed by atoms with van der Waals surface area (Å²) in [7, 11) is 1.64. The van der Waals surface area contributed by atoms with Crippen LogP contribution < -0.4 is 15.5 Å². The molecule has 4 rings (SSSR count). The third-order valence-electron chi connectivity index (χ3n) is 4.72. The van der Waals surface area contributed by atoms with Crippen LogP contribution in [0.2, 0.25) is 5.02 Å². The highest BCUT2D eigenvalue weighted by Crippen LogP contribution is 2.39. The molecule has 0 spiro atoms. The highest BCUT2D eigenvalue weighted by atomic mass is 35.5. The van der Waals surface area contributed by atoms with Crippen molar-refractivity contribution >= 4 is 35.0 Å². The average molecular weight is 414 g/mol. The number of nitrogens with one attached hydrogen (secondary N) is 2. The molecule has 5 nitrogen and oxygen atoms in total. The van der Waals surface area contributed by atoms with Gasteiger partial charge in [-0.2, -0.15) is 0 Å². The number of rotatable bonds is 4. The molecule has 0 saturated heterocycles. The summed E-state index contributed by atoms with van der Waals surface area (Å²) in [4.78, 5) is 13.2. The van der Waals surface area contributed by atoms with Crippen molar-refractivity contribution in [1.29, 1.82) is 0 Å². The second-order valence-electron chi connectivity index (χ2n) is 6.54. The number of amides is 1. The lowest BCUT2D eigenvalue weighted by Crippen LogP contribution is -2.41. The van der Waals surface area contributed by atoms with E-state index >= 15 is 0 Å². The van der Waals surface area contributed by atoms with Crippen LogP contribution in [0.25, 0.3) is 0 Å². The van der Waals surface area contributed by atoms with Crippen molar-refractivity contribution in [2.45, 2.75) is 23.2 Å². The zero-order valence-electron chi connectivity index (χ0n) is 15.5. The van der Waals surface area contributed by atoms with Crippen molar-refractivity contribution in [3.8, 4) is 5.75 Å². The van der Waals surface area contributed by atoms with Gasteiger partial charge in [-0.15, -0.1) is 0 Å². The third-order valence-corrected chi connectivity index (χ3v) is 6.35. The first kappa shape index (κ1) is 18.8. The van der Waals surface area contributed by atoms with Crippen LogP contribution in [-0.2, 0) is 4.79 Å². The monoisotopic (exact) mass is 413 g/mol. The number of thioether (sulfide) groups is 1. The van der Waals surface area contributed by atoms with Crippen LogP contribution in [0.15, 0.2) is 65.7 Å². The fourth-order valence-corrected chi connectivity index (χ4v) is 4.62. The Balaban J connectivity index is 1.67. The van der Waals surface area contributed by atoms with Gasteiger partial charge in [0.25, 0.3) is 0 Å². The van der Waals surface area contributed by atoms with Gasteiger partial charge in [-0.1, -0.05) is 47.6 Å². The van der Waals surface area contributed by atoms with Crippen LogP contribution in [-0.4, -0.2) is 22.9 Å². The zero-order valence-corrected chi connectivity index (χ0v) is 17.1. The predicted octanol–water partition coefficient (Wildman–Crippen LogP) is 4.86. The number of halogens is 1. The van der Waals surface area contributed by atoms with Gasteiger partial charge in [0.1, 0.15) is 11.0 Å². The topological polar surface area (TPSA) is 55.3 Å². The minimum atomic E-state index is -0.369. The largest absolute Gasteiger partial charge is 0.497 e. The van der Waals surface area contributed by atoms with Gasteiger partial charge in [0.2, 0.25) is 5.91 Å². The Morgan fingerprint density at radius 2 is 1.89 bits per heavy atom. The van der Waals surface area contributed by atoms with Gasteiger partial charge in [0.15, 0.2) is 0 Å². The number of hydrogen-bond donors (Lipinski definition) is 2. The Kier molecular flexibility index (Phi) is 5.24. The number of aromatic nitrogens is 1. The Morgan fingerprint density at radius 3 is 2.61 bits per heavy atom. The highest BCUT2D eigenvalue weighted by molar-refractivity contribution is 8.00. The van der Waals surface area contributed by atoms with Crippen molar-refractivity contribution in [2.24, 2.45) is 0 Å². The summed E-state index contributed by atoms with van der Waals surface area (Å²) in [6.45, 7) is 2.03. The molecule has 0 unspecified atom stereocenters. The van der Waals surface area contributed by atoms with Gasteiger partial charge in [-0.3, -0.25) is 9.47 Å². The Bertz CT molecular complexity index is 1000. The molecule has 2 heterocycles. The molecule has 3 aromatic rings. The summed E-state index contributed by atoms with van der Waals surface area (Å²) in [5.41, 5.74) is 6.20. The van der Waals surface area contributed by atoms with E-state index in [1.165, 1.54) is 11.8 Å². The number of carbonyl (C=O) groups is 1. The lowest BCUT2D eigenvalue weighted by molar-refractivity contribution is -0.116. The van der Waals surface area contributed by atoms with E-state index in [1.807, 2.05) is 60.1 Å². The molecule has 2 atom stereocenters. The maximum Gasteiger partial charge on any atom is 0.240 e. The minimum absolute atomic E-state index is 0.100. The number of para-hydroxylation sites is 1. The van der Waals surface area contributed by atoms with E-state index < -0.39 is 0 Å². The summed E-state index contributed by atoms with van der Waals surface area (Å²) in [6.07, 6.45) is 0. The van der Waals surface area contributed by atoms with Gasteiger partial charge >= 0.3 is 0 Å². The van der Waals surface area contributed by atoms with Gasteiger partial charge < -0.3 is 15.5 Å². The molecule has 1 aliphatic heterocycles. The van der Waals surface area contributed by atoms with Gasteiger partial charge in [-0.25, -0.2) is 0 Å². The fourth-order valence-electron chi connectivity index (χ4n) is 3.21. The van der Waals surface area contributed by atoms with E-state index in [2.05, 4.69) is 10.7 Å². The van der Waals surface area contributed by atoms with E-state index in [4.69, 9.17) is 16.3 Å². The van der Waals surface area contributed by atoms with Gasteiger partial charge in [0, 0.05) is 5.69 Å². The molecule has 1 aliphatic rings. The molecule has 0 radical (unpaired) electrons. The summed E-state index contributed by atoms with van der Waals surface area (Å²) in [6, 6.07) is 18.9. The fraction of sp³-hybridized carbons (Fsp3) is 0.190. The number of benzene rings is 2. The average Bonchev–Trinajstić information content (AvgIpc) is 3.09. The van der Waals surface area contributed by atoms with Crippen molar-refractivity contribution in [1.82, 2.24) is 4.68 Å². The molecule has 0 fully saturated rings. The number of hydrogen-bond acceptors (Lipinski definition) is 4. The lowest BCUT2D eigenvalue weighted by atomic mass is 10.0. The second kappa shape index (κ2) is 7.81.